The lowest BCUT2D eigenvalue weighted by Crippen LogP contribution is -2.14. The average molecular weight is 458 g/mol. The van der Waals surface area contributed by atoms with Gasteiger partial charge in [0, 0.05) is 28.3 Å². The van der Waals surface area contributed by atoms with Crippen molar-refractivity contribution >= 4 is 29.0 Å². The van der Waals surface area contributed by atoms with Crippen LogP contribution in [0.2, 0.25) is 0 Å². The fourth-order valence-corrected chi connectivity index (χ4v) is 3.64. The minimum atomic E-state index is -4.52. The van der Waals surface area contributed by atoms with Crippen molar-refractivity contribution in [1.29, 1.82) is 0 Å². The number of nitrogens with one attached hydrogen (secondary N) is 1. The van der Waals surface area contributed by atoms with Crippen molar-refractivity contribution < 1.29 is 27.3 Å². The number of hydrogen-bond acceptors (Lipinski definition) is 6. The first-order valence-electron chi connectivity index (χ1n) is 9.03. The van der Waals surface area contributed by atoms with Gasteiger partial charge in [-0.1, -0.05) is 23.4 Å². The maximum atomic E-state index is 12.8. The average Bonchev–Trinajstić information content (AvgIpc) is 3.43. The van der Waals surface area contributed by atoms with Crippen LogP contribution in [0.4, 0.5) is 19.1 Å². The molecule has 0 aliphatic carbocycles. The summed E-state index contributed by atoms with van der Waals surface area (Å²) in [7, 11) is 0. The number of thiazole rings is 1. The number of benzene rings is 2. The summed E-state index contributed by atoms with van der Waals surface area (Å²) in [5, 5.41) is 8.68. The summed E-state index contributed by atoms with van der Waals surface area (Å²) in [5.74, 6) is -1.53. The van der Waals surface area contributed by atoms with Gasteiger partial charge in [0.05, 0.1) is 11.1 Å². The zero-order chi connectivity index (χ0) is 22.9. The number of primary amides is 1. The van der Waals surface area contributed by atoms with E-state index in [0.29, 0.717) is 10.6 Å². The molecule has 0 aliphatic heterocycles. The molecule has 2 aromatic carbocycles. The van der Waals surface area contributed by atoms with Crippen molar-refractivity contribution in [3.63, 3.8) is 0 Å². The highest BCUT2D eigenvalue weighted by Gasteiger charge is 2.30. The number of rotatable bonds is 5. The summed E-state index contributed by atoms with van der Waals surface area (Å²) in [4.78, 5) is 28.8. The number of nitrogens with two attached hydrogens (primary N) is 1. The van der Waals surface area contributed by atoms with E-state index in [9.17, 15) is 22.8 Å². The molecule has 4 rings (SSSR count). The molecule has 3 N–H and O–H groups in total. The van der Waals surface area contributed by atoms with Gasteiger partial charge in [-0.25, -0.2) is 4.98 Å². The van der Waals surface area contributed by atoms with Gasteiger partial charge >= 0.3 is 6.18 Å². The van der Waals surface area contributed by atoms with Gasteiger partial charge < -0.3 is 10.3 Å². The van der Waals surface area contributed by atoms with Gasteiger partial charge in [-0.3, -0.25) is 14.9 Å². The molecule has 0 spiro atoms. The molecule has 0 saturated carbocycles. The molecule has 0 aliphatic rings. The predicted molar refractivity (Wildman–Crippen MR) is 111 cm³/mol. The molecular formula is C21H13F3N4O3S. The molecule has 32 heavy (non-hydrogen) atoms. The van der Waals surface area contributed by atoms with Crippen LogP contribution in [0.3, 0.4) is 0 Å². The van der Waals surface area contributed by atoms with Crippen molar-refractivity contribution in [3.8, 4) is 21.8 Å². The van der Waals surface area contributed by atoms with Crippen molar-refractivity contribution in [2.75, 3.05) is 5.32 Å². The molecule has 2 amide bonds. The number of carbonyl (C=O) groups excluding carboxylic acids is 2. The third-order valence-electron chi connectivity index (χ3n) is 4.49. The number of anilines is 1. The molecular weight excluding hydrogens is 445 g/mol. The van der Waals surface area contributed by atoms with Gasteiger partial charge in [0.1, 0.15) is 5.01 Å². The molecule has 0 saturated heterocycles. The Bertz CT molecular complexity index is 1280. The first-order valence-corrected chi connectivity index (χ1v) is 9.91. The summed E-state index contributed by atoms with van der Waals surface area (Å²) in [6.45, 7) is 0. The summed E-state index contributed by atoms with van der Waals surface area (Å²) in [5.41, 5.74) is 5.66. The van der Waals surface area contributed by atoms with Gasteiger partial charge in [-0.15, -0.1) is 11.3 Å². The minimum absolute atomic E-state index is 0.0284. The fraction of sp³-hybridized carbons (Fsp3) is 0.0476. The van der Waals surface area contributed by atoms with Crippen molar-refractivity contribution in [2.24, 2.45) is 5.73 Å². The van der Waals surface area contributed by atoms with E-state index in [1.165, 1.54) is 17.4 Å². The Morgan fingerprint density at radius 3 is 2.41 bits per heavy atom. The topological polar surface area (TPSA) is 111 Å². The number of carbonyl (C=O) groups is 2. The molecule has 0 radical (unpaired) electrons. The second-order valence-corrected chi connectivity index (χ2v) is 7.41. The summed E-state index contributed by atoms with van der Waals surface area (Å²) in [6.07, 6.45) is -2.97. The third kappa shape index (κ3) is 4.10. The maximum absolute atomic E-state index is 12.8. The molecule has 0 unspecified atom stereocenters. The van der Waals surface area contributed by atoms with E-state index < -0.39 is 23.6 Å². The van der Waals surface area contributed by atoms with Crippen LogP contribution in [-0.2, 0) is 6.18 Å². The largest absolute Gasteiger partial charge is 0.416 e. The number of alkyl halides is 3. The van der Waals surface area contributed by atoms with Crippen LogP contribution in [0, 0.1) is 0 Å². The molecule has 2 heterocycles. The Hall–Kier alpha value is -3.99. The normalized spacial score (nSPS) is 11.3. The highest BCUT2D eigenvalue weighted by Crippen LogP contribution is 2.40. The maximum Gasteiger partial charge on any atom is 0.416 e. The Balaban J connectivity index is 1.76. The highest BCUT2D eigenvalue weighted by atomic mass is 32.1. The molecule has 0 atom stereocenters. The lowest BCUT2D eigenvalue weighted by molar-refractivity contribution is -0.137. The number of hydrogen-bond donors (Lipinski definition) is 2. The van der Waals surface area contributed by atoms with Gasteiger partial charge in [0.2, 0.25) is 11.8 Å². The monoisotopic (exact) mass is 458 g/mol. The van der Waals surface area contributed by atoms with Crippen LogP contribution in [-0.4, -0.2) is 22.0 Å². The van der Waals surface area contributed by atoms with Gasteiger partial charge in [0.25, 0.3) is 5.91 Å². The third-order valence-corrected chi connectivity index (χ3v) is 5.27. The van der Waals surface area contributed by atoms with E-state index in [0.717, 1.165) is 24.3 Å². The zero-order valence-corrected chi connectivity index (χ0v) is 16.8. The standard InChI is InChI=1S/C21H13F3N4O3S/c22-21(23,24)12-7-5-11(6-8-12)18(30)27-19-15(13-3-1-2-4-14(13)17(25)29)16(28-31-19)20-26-9-10-32-20/h1-10H,(H2,25,29)(H,27,30). The molecule has 0 fully saturated rings. The van der Waals surface area contributed by atoms with Crippen molar-refractivity contribution in [3.05, 3.63) is 76.8 Å². The summed E-state index contributed by atoms with van der Waals surface area (Å²) >= 11 is 1.26. The van der Waals surface area contributed by atoms with Gasteiger partial charge in [-0.05, 0) is 30.3 Å². The van der Waals surface area contributed by atoms with Crippen molar-refractivity contribution in [2.45, 2.75) is 6.18 Å². The smallest absolute Gasteiger partial charge is 0.366 e. The quantitative estimate of drug-likeness (QED) is 0.445. The van der Waals surface area contributed by atoms with Gasteiger partial charge in [0.15, 0.2) is 5.69 Å². The van der Waals surface area contributed by atoms with Gasteiger partial charge in [-0.2, -0.15) is 13.2 Å². The van der Waals surface area contributed by atoms with Crippen molar-refractivity contribution in [1.82, 2.24) is 10.1 Å². The lowest BCUT2D eigenvalue weighted by atomic mass is 9.99. The predicted octanol–water partition coefficient (Wildman–Crippen LogP) is 4.84. The number of aromatic nitrogens is 2. The molecule has 7 nitrogen and oxygen atoms in total. The number of amides is 2. The Kier molecular flexibility index (Phi) is 5.49. The van der Waals surface area contributed by atoms with Crippen LogP contribution in [0.5, 0.6) is 0 Å². The fourth-order valence-electron chi connectivity index (χ4n) is 3.01. The van der Waals surface area contributed by atoms with E-state index >= 15 is 0 Å². The van der Waals surface area contributed by atoms with E-state index in [2.05, 4.69) is 15.5 Å². The van der Waals surface area contributed by atoms with Crippen LogP contribution in [0.25, 0.3) is 21.8 Å². The number of halogens is 3. The first kappa shape index (κ1) is 21.2. The molecule has 0 bridgehead atoms. The van der Waals surface area contributed by atoms with E-state index in [-0.39, 0.29) is 28.3 Å². The van der Waals surface area contributed by atoms with E-state index in [4.69, 9.17) is 10.3 Å². The van der Waals surface area contributed by atoms with Crippen LogP contribution >= 0.6 is 11.3 Å². The Morgan fingerprint density at radius 1 is 1.06 bits per heavy atom. The molecule has 2 aromatic heterocycles. The molecule has 4 aromatic rings. The Labute approximate surface area is 182 Å². The van der Waals surface area contributed by atoms with Crippen LogP contribution in [0.15, 0.2) is 64.6 Å². The van der Waals surface area contributed by atoms with E-state index in [1.807, 2.05) is 0 Å². The summed E-state index contributed by atoms with van der Waals surface area (Å²) in [6, 6.07) is 10.1. The molecule has 11 heteroatoms. The summed E-state index contributed by atoms with van der Waals surface area (Å²) < 4.78 is 43.7. The minimum Gasteiger partial charge on any atom is -0.366 e. The second-order valence-electron chi connectivity index (χ2n) is 6.51. The zero-order valence-electron chi connectivity index (χ0n) is 16.0. The first-order chi connectivity index (χ1) is 15.3. The lowest BCUT2D eigenvalue weighted by Gasteiger charge is -2.10. The van der Waals surface area contributed by atoms with Crippen LogP contribution in [0.1, 0.15) is 26.3 Å². The number of nitrogens with zero attached hydrogens (tertiary/aromatic N) is 2. The van der Waals surface area contributed by atoms with Crippen LogP contribution < -0.4 is 11.1 Å². The Morgan fingerprint density at radius 2 is 1.78 bits per heavy atom. The molecule has 162 valence electrons. The second kappa shape index (κ2) is 8.27. The highest BCUT2D eigenvalue weighted by molar-refractivity contribution is 7.13. The van der Waals surface area contributed by atoms with E-state index in [1.54, 1.807) is 29.8 Å². The SMILES string of the molecule is NC(=O)c1ccccc1-c1c(-c2nccs2)noc1NC(=O)c1ccc(C(F)(F)F)cc1.